The average Bonchev–Trinajstić information content (AvgIpc) is 3.35. The van der Waals surface area contributed by atoms with E-state index < -0.39 is 0 Å². The van der Waals surface area contributed by atoms with Gasteiger partial charge in [-0.25, -0.2) is 14.3 Å². The van der Waals surface area contributed by atoms with Crippen LogP contribution in [-0.2, 0) is 0 Å². The molecule has 0 radical (unpaired) electrons. The van der Waals surface area contributed by atoms with E-state index in [9.17, 15) is 9.59 Å². The van der Waals surface area contributed by atoms with Crippen LogP contribution >= 0.6 is 0 Å². The van der Waals surface area contributed by atoms with Gasteiger partial charge in [-0.1, -0.05) is 0 Å². The molecule has 3 heterocycles. The topological polar surface area (TPSA) is 120 Å². The molecule has 0 spiro atoms. The molecule has 0 atom stereocenters. The summed E-state index contributed by atoms with van der Waals surface area (Å²) in [6.45, 7) is 0. The van der Waals surface area contributed by atoms with Crippen LogP contribution in [0.5, 0.6) is 0 Å². The lowest BCUT2D eigenvalue weighted by atomic mass is 9.91. The summed E-state index contributed by atoms with van der Waals surface area (Å²) in [4.78, 5) is 37.5. The van der Waals surface area contributed by atoms with Crippen LogP contribution in [0.1, 0.15) is 42.1 Å². The molecule has 1 aliphatic carbocycles. The molecule has 0 bridgehead atoms. The quantitative estimate of drug-likeness (QED) is 0.537. The molecule has 1 aliphatic rings. The first kappa shape index (κ1) is 19.0. The van der Waals surface area contributed by atoms with E-state index in [0.29, 0.717) is 16.9 Å². The lowest BCUT2D eigenvalue weighted by molar-refractivity contribution is 0.0921. The maximum Gasteiger partial charge on any atom is 0.267 e. The van der Waals surface area contributed by atoms with Crippen molar-refractivity contribution < 1.29 is 4.79 Å². The van der Waals surface area contributed by atoms with Crippen LogP contribution in [0.4, 0.5) is 0 Å². The maximum absolute atomic E-state index is 12.7. The Hall–Kier alpha value is -3.95. The number of amides is 1. The number of carbonyl (C=O) groups is 1. The van der Waals surface area contributed by atoms with Gasteiger partial charge in [-0.15, -0.1) is 5.10 Å². The maximum atomic E-state index is 12.7. The number of hydrogen-bond donors (Lipinski definition) is 1. The fourth-order valence-electron chi connectivity index (χ4n) is 3.96. The molecule has 3 aromatic heterocycles. The molecule has 0 aliphatic heterocycles. The first-order valence-corrected chi connectivity index (χ1v) is 10.1. The minimum absolute atomic E-state index is 0.0138. The highest BCUT2D eigenvalue weighted by Gasteiger charge is 2.25. The van der Waals surface area contributed by atoms with E-state index in [1.807, 2.05) is 0 Å². The van der Waals surface area contributed by atoms with Crippen LogP contribution in [-0.4, -0.2) is 46.5 Å². The Balaban J connectivity index is 1.25. The van der Waals surface area contributed by atoms with Crippen LogP contribution in [0.3, 0.4) is 0 Å². The monoisotopic (exact) mass is 416 g/mol. The second kappa shape index (κ2) is 8.05. The van der Waals surface area contributed by atoms with Crippen LogP contribution < -0.4 is 10.9 Å². The SMILES string of the molecule is O=C(NC1CCC(n2nc(-n3cncn3)ccc2=O)CC1)c1ccc2nccnc2c1. The van der Waals surface area contributed by atoms with Gasteiger partial charge in [0.05, 0.1) is 17.1 Å². The van der Waals surface area contributed by atoms with E-state index in [1.165, 1.54) is 21.8 Å². The molecule has 1 saturated carbocycles. The lowest BCUT2D eigenvalue weighted by Crippen LogP contribution is -2.39. The minimum atomic E-state index is -0.145. The van der Waals surface area contributed by atoms with Crippen LogP contribution in [0.15, 0.2) is 60.2 Å². The van der Waals surface area contributed by atoms with E-state index in [4.69, 9.17) is 0 Å². The second-order valence-electron chi connectivity index (χ2n) is 7.55. The summed E-state index contributed by atoms with van der Waals surface area (Å²) in [5, 5.41) is 11.6. The molecule has 0 saturated heterocycles. The van der Waals surface area contributed by atoms with Crippen LogP contribution in [0, 0.1) is 0 Å². The molecule has 0 unspecified atom stereocenters. The van der Waals surface area contributed by atoms with Gasteiger partial charge < -0.3 is 5.32 Å². The number of carbonyl (C=O) groups excluding carboxylic acids is 1. The largest absolute Gasteiger partial charge is 0.349 e. The molecule has 4 aromatic rings. The fourth-order valence-corrected chi connectivity index (χ4v) is 3.96. The summed E-state index contributed by atoms with van der Waals surface area (Å²) in [6.07, 6.45) is 9.25. The number of fused-ring (bicyclic) bond motifs is 1. The highest BCUT2D eigenvalue weighted by molar-refractivity contribution is 5.97. The molecule has 10 heteroatoms. The Morgan fingerprint density at radius 3 is 2.58 bits per heavy atom. The smallest absolute Gasteiger partial charge is 0.267 e. The zero-order chi connectivity index (χ0) is 21.2. The van der Waals surface area contributed by atoms with E-state index in [2.05, 4.69) is 30.5 Å². The van der Waals surface area contributed by atoms with Gasteiger partial charge in [-0.05, 0) is 49.9 Å². The van der Waals surface area contributed by atoms with Gasteiger partial charge in [-0.3, -0.25) is 19.6 Å². The molecule has 1 fully saturated rings. The van der Waals surface area contributed by atoms with Crippen molar-refractivity contribution in [3.05, 3.63) is 71.3 Å². The highest BCUT2D eigenvalue weighted by Crippen LogP contribution is 2.27. The number of hydrogen-bond acceptors (Lipinski definition) is 7. The number of nitrogens with one attached hydrogen (secondary N) is 1. The van der Waals surface area contributed by atoms with Crippen LogP contribution in [0.25, 0.3) is 16.9 Å². The van der Waals surface area contributed by atoms with Crippen molar-refractivity contribution in [1.82, 2.24) is 39.8 Å². The van der Waals surface area contributed by atoms with E-state index >= 15 is 0 Å². The van der Waals surface area contributed by atoms with Gasteiger partial charge in [0.2, 0.25) is 0 Å². The number of benzene rings is 1. The lowest BCUT2D eigenvalue weighted by Gasteiger charge is -2.29. The molecular formula is C21H20N8O2. The molecule has 1 N–H and O–H groups in total. The van der Waals surface area contributed by atoms with E-state index in [-0.39, 0.29) is 23.6 Å². The molecule has 1 amide bonds. The van der Waals surface area contributed by atoms with Crippen molar-refractivity contribution in [1.29, 1.82) is 0 Å². The van der Waals surface area contributed by atoms with E-state index in [1.54, 1.807) is 43.0 Å². The van der Waals surface area contributed by atoms with Gasteiger partial charge in [0.1, 0.15) is 12.7 Å². The van der Waals surface area contributed by atoms with Crippen molar-refractivity contribution in [2.75, 3.05) is 0 Å². The number of nitrogens with zero attached hydrogens (tertiary/aromatic N) is 7. The second-order valence-corrected chi connectivity index (χ2v) is 7.55. The summed E-state index contributed by atoms with van der Waals surface area (Å²) >= 11 is 0. The van der Waals surface area contributed by atoms with Gasteiger partial charge in [0.15, 0.2) is 5.82 Å². The Labute approximate surface area is 177 Å². The zero-order valence-corrected chi connectivity index (χ0v) is 16.6. The Morgan fingerprint density at radius 1 is 1.00 bits per heavy atom. The molecule has 31 heavy (non-hydrogen) atoms. The third-order valence-corrected chi connectivity index (χ3v) is 5.57. The van der Waals surface area contributed by atoms with Gasteiger partial charge in [0.25, 0.3) is 11.5 Å². The number of rotatable bonds is 4. The van der Waals surface area contributed by atoms with Gasteiger partial charge in [0, 0.05) is 30.1 Å². The van der Waals surface area contributed by atoms with Gasteiger partial charge in [-0.2, -0.15) is 5.10 Å². The Morgan fingerprint density at radius 2 is 1.81 bits per heavy atom. The van der Waals surface area contributed by atoms with E-state index in [0.717, 1.165) is 31.2 Å². The van der Waals surface area contributed by atoms with Gasteiger partial charge >= 0.3 is 0 Å². The number of aromatic nitrogens is 7. The van der Waals surface area contributed by atoms with Crippen molar-refractivity contribution in [2.24, 2.45) is 0 Å². The fraction of sp³-hybridized carbons (Fsp3) is 0.286. The summed E-state index contributed by atoms with van der Waals surface area (Å²) < 4.78 is 3.05. The highest BCUT2D eigenvalue weighted by atomic mass is 16.1. The third kappa shape index (κ3) is 3.91. The Bertz CT molecular complexity index is 1280. The minimum Gasteiger partial charge on any atom is -0.349 e. The van der Waals surface area contributed by atoms with Crippen molar-refractivity contribution in [2.45, 2.75) is 37.8 Å². The van der Waals surface area contributed by atoms with Crippen LogP contribution in [0.2, 0.25) is 0 Å². The standard InChI is InChI=1S/C21H20N8O2/c30-20-8-7-19(28-13-22-12-25-28)27-29(20)16-4-2-15(3-5-16)26-21(31)14-1-6-17-18(11-14)24-10-9-23-17/h1,6-13,15-16H,2-5H2,(H,26,31). The Kier molecular flexibility index (Phi) is 4.95. The summed E-state index contributed by atoms with van der Waals surface area (Å²) in [5.41, 5.74) is 1.87. The first-order chi connectivity index (χ1) is 15.2. The predicted octanol–water partition coefficient (Wildman–Crippen LogP) is 1.68. The molecular weight excluding hydrogens is 396 g/mol. The van der Waals surface area contributed by atoms with Crippen molar-refractivity contribution >= 4 is 16.9 Å². The van der Waals surface area contributed by atoms with Crippen molar-refractivity contribution in [3.63, 3.8) is 0 Å². The normalized spacial score (nSPS) is 18.7. The van der Waals surface area contributed by atoms with Crippen molar-refractivity contribution in [3.8, 4) is 5.82 Å². The summed E-state index contributed by atoms with van der Waals surface area (Å²) in [6, 6.07) is 8.48. The predicted molar refractivity (Wildman–Crippen MR) is 112 cm³/mol. The summed E-state index contributed by atoms with van der Waals surface area (Å²) in [7, 11) is 0. The zero-order valence-electron chi connectivity index (χ0n) is 16.6. The molecule has 10 nitrogen and oxygen atoms in total. The first-order valence-electron chi connectivity index (χ1n) is 10.1. The average molecular weight is 416 g/mol. The summed E-state index contributed by atoms with van der Waals surface area (Å²) in [5.74, 6) is 0.423. The molecule has 5 rings (SSSR count). The molecule has 156 valence electrons. The third-order valence-electron chi connectivity index (χ3n) is 5.57. The molecule has 1 aromatic carbocycles.